The molecule has 0 aliphatic carbocycles. The monoisotopic (exact) mass is 474 g/mol. The number of Topliss-reactive ketones (excluding diaryl/α,β-unsaturated/α-hetero) is 2. The Balaban J connectivity index is 1.79. The zero-order valence-electron chi connectivity index (χ0n) is 19.2. The van der Waals surface area contributed by atoms with E-state index in [2.05, 4.69) is 21.7 Å². The van der Waals surface area contributed by atoms with E-state index in [1.165, 1.54) is 39.8 Å². The van der Waals surface area contributed by atoms with Gasteiger partial charge in [0.2, 0.25) is 23.6 Å². The van der Waals surface area contributed by atoms with Crippen molar-refractivity contribution in [3.8, 4) is 0 Å². The van der Waals surface area contributed by atoms with E-state index in [0.29, 0.717) is 12.8 Å². The third kappa shape index (κ3) is 7.15. The molecule has 0 saturated heterocycles. The van der Waals surface area contributed by atoms with E-state index in [1.54, 1.807) is 0 Å². The molecule has 2 aromatic rings. The highest BCUT2D eigenvalue weighted by atomic mass is 16.4. The second-order valence-corrected chi connectivity index (χ2v) is 7.52. The smallest absolute Gasteiger partial charge is 0.238 e. The van der Waals surface area contributed by atoms with Crippen LogP contribution in [-0.4, -0.2) is 23.4 Å². The summed E-state index contributed by atoms with van der Waals surface area (Å²) in [7, 11) is 0. The number of hydrogen-bond acceptors (Lipinski definition) is 10. The summed E-state index contributed by atoms with van der Waals surface area (Å²) >= 11 is 0. The van der Waals surface area contributed by atoms with Gasteiger partial charge in [0.05, 0.1) is 0 Å². The first-order chi connectivity index (χ1) is 16.0. The largest absolute Gasteiger partial charge is 0.443 e. The zero-order valence-corrected chi connectivity index (χ0v) is 19.2. The molecule has 34 heavy (non-hydrogen) atoms. The predicted octanol–water partition coefficient (Wildman–Crippen LogP) is 1.76. The average molecular weight is 474 g/mol. The highest BCUT2D eigenvalue weighted by molar-refractivity contribution is 5.99. The van der Waals surface area contributed by atoms with Gasteiger partial charge in [-0.05, 0) is 40.5 Å². The van der Waals surface area contributed by atoms with Crippen molar-refractivity contribution >= 4 is 35.1 Å². The van der Waals surface area contributed by atoms with E-state index in [4.69, 9.17) is 8.83 Å². The fraction of sp³-hybridized carbons (Fsp3) is 0.364. The molecule has 12 nitrogen and oxygen atoms in total. The van der Waals surface area contributed by atoms with Crippen molar-refractivity contribution in [1.82, 2.24) is 10.9 Å². The molecule has 0 atom stereocenters. The second kappa shape index (κ2) is 11.6. The molecule has 4 N–H and O–H groups in total. The highest BCUT2D eigenvalue weighted by Gasteiger charge is 2.17. The summed E-state index contributed by atoms with van der Waals surface area (Å²) in [5, 5.41) is 0. The molecule has 0 radical (unpaired) electrons. The maximum Gasteiger partial charge on any atom is 0.238 e. The molecule has 2 amide bonds. The van der Waals surface area contributed by atoms with E-state index in [0.717, 1.165) is 0 Å². The van der Waals surface area contributed by atoms with E-state index in [9.17, 15) is 28.8 Å². The van der Waals surface area contributed by atoms with Crippen LogP contribution in [0.25, 0.3) is 0 Å². The lowest BCUT2D eigenvalue weighted by Gasteiger charge is -2.11. The molecular weight excluding hydrogens is 448 g/mol. The van der Waals surface area contributed by atoms with E-state index in [1.807, 2.05) is 0 Å². The third-order valence-electron chi connectivity index (χ3n) is 4.53. The molecular formula is C22H26N4O8. The van der Waals surface area contributed by atoms with Gasteiger partial charge in [0, 0.05) is 25.0 Å². The van der Waals surface area contributed by atoms with Crippen LogP contribution in [0.2, 0.25) is 0 Å². The zero-order chi connectivity index (χ0) is 25.4. The van der Waals surface area contributed by atoms with Crippen molar-refractivity contribution < 1.29 is 28.0 Å². The highest BCUT2D eigenvalue weighted by Crippen LogP contribution is 2.14. The molecule has 12 heteroatoms. The molecule has 0 fully saturated rings. The Morgan fingerprint density at radius 1 is 0.706 bits per heavy atom. The van der Waals surface area contributed by atoms with Gasteiger partial charge in [-0.25, -0.2) is 0 Å². The minimum Gasteiger partial charge on any atom is -0.443 e. The van der Waals surface area contributed by atoms with E-state index in [-0.39, 0.29) is 47.3 Å². The van der Waals surface area contributed by atoms with Gasteiger partial charge in [0.25, 0.3) is 0 Å². The van der Waals surface area contributed by atoms with Crippen LogP contribution in [0.15, 0.2) is 30.6 Å². The van der Waals surface area contributed by atoms with Crippen LogP contribution >= 0.6 is 0 Å². The Morgan fingerprint density at radius 2 is 1.06 bits per heavy atom. The van der Waals surface area contributed by atoms with Crippen LogP contribution < -0.4 is 32.6 Å². The standard InChI is InChI=1S/C22H26N4O8/c1-11-9-15(29)19(13(3)27)21(33-11)25-23-17(31)7-5-6-8-18(32)24-26-22-20(14(4)28)16(30)10-12(2)34-22/h9-10,25-26H,5-8H2,1-4H3,(H,23,31)(H,24,32). The number of carbonyl (C=O) groups is 4. The van der Waals surface area contributed by atoms with Crippen molar-refractivity contribution in [3.63, 3.8) is 0 Å². The molecule has 0 aromatic carbocycles. The lowest BCUT2D eigenvalue weighted by molar-refractivity contribution is -0.122. The van der Waals surface area contributed by atoms with Crippen LogP contribution in [-0.2, 0) is 9.59 Å². The summed E-state index contributed by atoms with van der Waals surface area (Å²) in [6.45, 7) is 5.49. The summed E-state index contributed by atoms with van der Waals surface area (Å²) < 4.78 is 10.6. The molecule has 2 heterocycles. The number of hydrogen-bond donors (Lipinski definition) is 4. The summed E-state index contributed by atoms with van der Waals surface area (Å²) in [6.07, 6.45) is 0.827. The van der Waals surface area contributed by atoms with Crippen molar-refractivity contribution in [2.24, 2.45) is 0 Å². The van der Waals surface area contributed by atoms with E-state index < -0.39 is 34.2 Å². The number of aryl methyl sites for hydroxylation is 2. The first-order valence-electron chi connectivity index (χ1n) is 10.4. The molecule has 0 spiro atoms. The fourth-order valence-corrected chi connectivity index (χ4v) is 3.01. The minimum atomic E-state index is -0.520. The normalized spacial score (nSPS) is 10.4. The van der Waals surface area contributed by atoms with Gasteiger partial charge in [-0.1, -0.05) is 0 Å². The lowest BCUT2D eigenvalue weighted by Crippen LogP contribution is -2.32. The maximum absolute atomic E-state index is 12.0. The van der Waals surface area contributed by atoms with Crippen molar-refractivity contribution in [2.45, 2.75) is 53.4 Å². The van der Waals surface area contributed by atoms with Gasteiger partial charge < -0.3 is 8.83 Å². The molecule has 0 aliphatic rings. The molecule has 0 bridgehead atoms. The van der Waals surface area contributed by atoms with Crippen molar-refractivity contribution in [3.05, 3.63) is 55.2 Å². The quantitative estimate of drug-likeness (QED) is 0.213. The Morgan fingerprint density at radius 3 is 1.38 bits per heavy atom. The third-order valence-corrected chi connectivity index (χ3v) is 4.53. The maximum atomic E-state index is 12.0. The van der Waals surface area contributed by atoms with Crippen LogP contribution in [0.3, 0.4) is 0 Å². The molecule has 182 valence electrons. The SMILES string of the molecule is CC(=O)c1c(NNC(=O)CCCCC(=O)NNc2oc(C)cc(=O)c2C(C)=O)oc(C)cc1=O. The van der Waals surface area contributed by atoms with Gasteiger partial charge in [0.1, 0.15) is 22.6 Å². The first-order valence-corrected chi connectivity index (χ1v) is 10.4. The van der Waals surface area contributed by atoms with Gasteiger partial charge >= 0.3 is 0 Å². The number of hydrazine groups is 2. The topological polar surface area (TPSA) is 177 Å². The second-order valence-electron chi connectivity index (χ2n) is 7.52. The predicted molar refractivity (Wildman–Crippen MR) is 121 cm³/mol. The average Bonchev–Trinajstić information content (AvgIpc) is 2.72. The van der Waals surface area contributed by atoms with Crippen molar-refractivity contribution in [2.75, 3.05) is 10.9 Å². The number of nitrogens with one attached hydrogen (secondary N) is 4. The fourth-order valence-electron chi connectivity index (χ4n) is 3.01. The van der Waals surface area contributed by atoms with Crippen LogP contribution in [0.1, 0.15) is 71.8 Å². The molecule has 0 unspecified atom stereocenters. The molecule has 0 saturated carbocycles. The Labute approximate surface area is 194 Å². The summed E-state index contributed by atoms with van der Waals surface area (Å²) in [5.74, 6) is -1.66. The van der Waals surface area contributed by atoms with E-state index >= 15 is 0 Å². The van der Waals surface area contributed by atoms with Crippen LogP contribution in [0.5, 0.6) is 0 Å². The number of carbonyl (C=O) groups excluding carboxylic acids is 4. The summed E-state index contributed by atoms with van der Waals surface area (Å²) in [6, 6.07) is 2.36. The van der Waals surface area contributed by atoms with Crippen molar-refractivity contribution in [1.29, 1.82) is 0 Å². The van der Waals surface area contributed by atoms with Gasteiger partial charge in [-0.15, -0.1) is 0 Å². The first kappa shape index (κ1) is 26.0. The van der Waals surface area contributed by atoms with Gasteiger partial charge in [-0.3, -0.25) is 50.5 Å². The van der Waals surface area contributed by atoms with Gasteiger partial charge in [-0.2, -0.15) is 0 Å². The number of amides is 2. The molecule has 0 aliphatic heterocycles. The number of anilines is 2. The molecule has 2 rings (SSSR count). The number of rotatable bonds is 11. The Hall–Kier alpha value is -4.22. The van der Waals surface area contributed by atoms with Crippen LogP contribution in [0, 0.1) is 13.8 Å². The minimum absolute atomic E-state index is 0.0560. The van der Waals surface area contributed by atoms with Crippen LogP contribution in [0.4, 0.5) is 11.8 Å². The van der Waals surface area contributed by atoms with Gasteiger partial charge in [0.15, 0.2) is 22.4 Å². The Bertz CT molecular complexity index is 1130. The number of ketones is 2. The summed E-state index contributed by atoms with van der Waals surface area (Å²) in [5.41, 5.74) is 8.15. The molecule has 2 aromatic heterocycles. The lowest BCUT2D eigenvalue weighted by atomic mass is 10.2. The number of unbranched alkanes of at least 4 members (excludes halogenated alkanes) is 1. The Kier molecular flexibility index (Phi) is 8.87. The summed E-state index contributed by atoms with van der Waals surface area (Å²) in [4.78, 5) is 71.2.